The van der Waals surface area contributed by atoms with Gasteiger partial charge in [0.05, 0.1) is 34.1 Å². The Labute approximate surface area is 344 Å². The fourth-order valence-corrected chi connectivity index (χ4v) is 6.57. The monoisotopic (exact) mass is 870 g/mol. The summed E-state index contributed by atoms with van der Waals surface area (Å²) in [6.07, 6.45) is -6.52. The molecular formula is C39H32Cl4F2O10S. The van der Waals surface area contributed by atoms with E-state index in [1.54, 1.807) is 12.1 Å². The van der Waals surface area contributed by atoms with Crippen molar-refractivity contribution in [2.45, 2.75) is 42.2 Å². The Morgan fingerprint density at radius 1 is 0.696 bits per heavy atom. The van der Waals surface area contributed by atoms with Gasteiger partial charge in [-0.25, -0.2) is 28.0 Å². The topological polar surface area (TPSA) is 143 Å². The van der Waals surface area contributed by atoms with Crippen molar-refractivity contribution in [3.05, 3.63) is 139 Å². The van der Waals surface area contributed by atoms with Crippen molar-refractivity contribution in [2.75, 3.05) is 13.2 Å². The first-order chi connectivity index (χ1) is 26.7. The Morgan fingerprint density at radius 2 is 1.09 bits per heavy atom. The van der Waals surface area contributed by atoms with Crippen LogP contribution in [-0.4, -0.2) is 83.7 Å². The highest BCUT2D eigenvalue weighted by Crippen LogP contribution is 2.37. The largest absolute Gasteiger partial charge is 0.462 e. The Bertz CT molecular complexity index is 1950. The van der Waals surface area contributed by atoms with E-state index in [-0.39, 0.29) is 41.8 Å². The predicted octanol–water partition coefficient (Wildman–Crippen LogP) is 8.70. The van der Waals surface area contributed by atoms with E-state index in [2.05, 4.69) is 0 Å². The number of hydrogen-bond acceptors (Lipinski definition) is 11. The maximum atomic E-state index is 14.3. The molecule has 0 spiro atoms. The van der Waals surface area contributed by atoms with Crippen LogP contribution < -0.4 is 0 Å². The summed E-state index contributed by atoms with van der Waals surface area (Å²) in [5, 5.41) is 10.8. The molecule has 1 heterocycles. The van der Waals surface area contributed by atoms with Crippen LogP contribution in [0.25, 0.3) is 0 Å². The molecule has 1 fully saturated rings. The van der Waals surface area contributed by atoms with Crippen molar-refractivity contribution < 1.29 is 56.8 Å². The number of aliphatic hydroxyl groups excluding tert-OH is 1. The molecule has 1 unspecified atom stereocenters. The van der Waals surface area contributed by atoms with Gasteiger partial charge < -0.3 is 24.1 Å². The van der Waals surface area contributed by atoms with Crippen molar-refractivity contribution >= 4 is 88.3 Å². The first-order valence-electron chi connectivity index (χ1n) is 16.5. The zero-order valence-corrected chi connectivity index (χ0v) is 32.9. The minimum absolute atomic E-state index is 0.0390. The Morgan fingerprint density at radius 3 is 1.52 bits per heavy atom. The van der Waals surface area contributed by atoms with Crippen LogP contribution in [0, 0.1) is 5.92 Å². The molecule has 1 aliphatic heterocycles. The van der Waals surface area contributed by atoms with E-state index in [1.807, 2.05) is 0 Å². The minimum Gasteiger partial charge on any atom is -0.462 e. The molecule has 56 heavy (non-hydrogen) atoms. The molecule has 0 saturated carbocycles. The van der Waals surface area contributed by atoms with E-state index >= 15 is 0 Å². The third-order valence-corrected chi connectivity index (χ3v) is 10.2. The van der Waals surface area contributed by atoms with Crippen molar-refractivity contribution in [1.82, 2.24) is 0 Å². The van der Waals surface area contributed by atoms with Crippen LogP contribution in [0.3, 0.4) is 0 Å². The number of thioether (sulfide) groups is 1. The summed E-state index contributed by atoms with van der Waals surface area (Å²) in [7, 11) is 0. The second kappa shape index (κ2) is 21.3. The molecule has 17 heteroatoms. The molecule has 1 aliphatic rings. The van der Waals surface area contributed by atoms with Gasteiger partial charge in [-0.3, -0.25) is 4.79 Å². The fourth-order valence-electron chi connectivity index (χ4n) is 4.90. The smallest absolute Gasteiger partial charge is 0.338 e. The van der Waals surface area contributed by atoms with Crippen LogP contribution in [-0.2, 0) is 23.7 Å². The van der Waals surface area contributed by atoms with E-state index in [9.17, 15) is 37.9 Å². The summed E-state index contributed by atoms with van der Waals surface area (Å²) in [5.41, 5.74) is -0.502. The number of hydrogen-bond donors (Lipinski definition) is 1. The van der Waals surface area contributed by atoms with E-state index in [1.165, 1.54) is 91.9 Å². The molecule has 4 aromatic rings. The molecular weight excluding hydrogens is 840 g/mol. The number of carbonyl (C=O) groups is 5. The average molecular weight is 873 g/mol. The van der Waals surface area contributed by atoms with Gasteiger partial charge in [0.25, 0.3) is 0 Å². The molecule has 4 aromatic carbocycles. The summed E-state index contributed by atoms with van der Waals surface area (Å²) >= 11 is 23.9. The van der Waals surface area contributed by atoms with Gasteiger partial charge >= 0.3 is 23.9 Å². The Hall–Kier alpha value is -4.24. The SMILES string of the molecule is C[C@H](COC(=O)c1ccc(Cl)cc1)[C@@H](OC(=O)c1ccc(Cl)cc1)[C@H](F)C=O.O=C(OC[C@H]1SC(O)[C@@H](F)[C@@H]1OC(=O)c1ccc(Cl)cc1)c1ccc(Cl)cc1. The Balaban J connectivity index is 0.000000249. The van der Waals surface area contributed by atoms with Crippen molar-refractivity contribution in [1.29, 1.82) is 0 Å². The molecule has 0 aliphatic carbocycles. The van der Waals surface area contributed by atoms with Crippen LogP contribution in [0.15, 0.2) is 97.1 Å². The maximum Gasteiger partial charge on any atom is 0.338 e. The van der Waals surface area contributed by atoms with Gasteiger partial charge in [0.15, 0.2) is 24.7 Å². The number of rotatable bonds is 13. The second-order valence-corrected chi connectivity index (χ2v) is 15.1. The molecule has 296 valence electrons. The quantitative estimate of drug-likeness (QED) is 0.0784. The lowest BCUT2D eigenvalue weighted by molar-refractivity contribution is -0.117. The maximum absolute atomic E-state index is 14.3. The van der Waals surface area contributed by atoms with Crippen LogP contribution in [0.2, 0.25) is 20.1 Å². The minimum atomic E-state index is -2.07. The van der Waals surface area contributed by atoms with E-state index < -0.39 is 65.0 Å². The number of halogens is 6. The first kappa shape index (κ1) is 44.5. The lowest BCUT2D eigenvalue weighted by Gasteiger charge is -2.24. The highest BCUT2D eigenvalue weighted by atomic mass is 35.5. The number of esters is 4. The Kier molecular flexibility index (Phi) is 16.9. The van der Waals surface area contributed by atoms with E-state index in [0.717, 1.165) is 11.8 Å². The number of aldehydes is 1. The fraction of sp³-hybridized carbons (Fsp3) is 0.256. The predicted molar refractivity (Wildman–Crippen MR) is 207 cm³/mol. The molecule has 0 bridgehead atoms. The third-order valence-electron chi connectivity index (χ3n) is 7.93. The molecule has 1 N–H and O–H groups in total. The van der Waals surface area contributed by atoms with Gasteiger partial charge in [0.1, 0.15) is 18.1 Å². The standard InChI is InChI=1S/C20H17Cl2FO5.C19H15Cl2FO5S/c1-12(11-27-19(25)13-2-6-15(21)7-3-13)18(17(23)10-24)28-20(26)14-4-8-16(22)9-5-14;20-12-5-1-10(2-6-12)17(23)26-9-14-16(15(22)19(25)28-14)27-18(24)11-3-7-13(21)8-4-11/h2-10,12,17-18H,11H2,1H3;1-8,14-16,19,25H,9H2/t12-,17-,18-;14-,15+,16-,19?/m11/s1. The molecule has 0 radical (unpaired) electrons. The third kappa shape index (κ3) is 12.9. The number of benzene rings is 4. The first-order valence-corrected chi connectivity index (χ1v) is 19.0. The molecule has 1 saturated heterocycles. The van der Waals surface area contributed by atoms with Crippen molar-refractivity contribution in [3.8, 4) is 0 Å². The zero-order valence-electron chi connectivity index (χ0n) is 29.1. The van der Waals surface area contributed by atoms with E-state index in [0.29, 0.717) is 20.1 Å². The highest BCUT2D eigenvalue weighted by Gasteiger charge is 2.47. The molecule has 10 nitrogen and oxygen atoms in total. The van der Waals surface area contributed by atoms with Crippen LogP contribution in [0.1, 0.15) is 48.4 Å². The van der Waals surface area contributed by atoms with Crippen molar-refractivity contribution in [3.63, 3.8) is 0 Å². The van der Waals surface area contributed by atoms with Gasteiger partial charge in [-0.1, -0.05) is 53.3 Å². The van der Waals surface area contributed by atoms with E-state index in [4.69, 9.17) is 65.4 Å². The highest BCUT2D eigenvalue weighted by molar-refractivity contribution is 8.00. The molecule has 0 aromatic heterocycles. The van der Waals surface area contributed by atoms with Gasteiger partial charge in [-0.2, -0.15) is 0 Å². The van der Waals surface area contributed by atoms with Gasteiger partial charge in [0.2, 0.25) is 0 Å². The zero-order chi connectivity index (χ0) is 40.9. The molecule has 5 rings (SSSR count). The summed E-state index contributed by atoms with van der Waals surface area (Å²) in [6.45, 7) is 1.02. The number of aliphatic hydroxyl groups is 1. The second-order valence-electron chi connectivity index (χ2n) is 12.0. The van der Waals surface area contributed by atoms with Crippen LogP contribution in [0.5, 0.6) is 0 Å². The van der Waals surface area contributed by atoms with Crippen LogP contribution in [0.4, 0.5) is 8.78 Å². The number of carbonyl (C=O) groups excluding carboxylic acids is 5. The number of alkyl halides is 2. The van der Waals surface area contributed by atoms with Gasteiger partial charge in [-0.15, -0.1) is 11.8 Å². The number of ether oxygens (including phenoxy) is 4. The van der Waals surface area contributed by atoms with Gasteiger partial charge in [-0.05, 0) is 97.1 Å². The summed E-state index contributed by atoms with van der Waals surface area (Å²) in [5.74, 6) is -3.62. The lowest BCUT2D eigenvalue weighted by atomic mass is 10.0. The van der Waals surface area contributed by atoms with Gasteiger partial charge in [0, 0.05) is 26.0 Å². The average Bonchev–Trinajstić information content (AvgIpc) is 3.46. The van der Waals surface area contributed by atoms with Crippen molar-refractivity contribution in [2.24, 2.45) is 5.92 Å². The normalized spacial score (nSPS) is 18.9. The lowest BCUT2D eigenvalue weighted by Crippen LogP contribution is -2.37. The van der Waals surface area contributed by atoms with Crippen LogP contribution >= 0.6 is 58.2 Å². The summed E-state index contributed by atoms with van der Waals surface area (Å²) in [4.78, 5) is 59.5. The summed E-state index contributed by atoms with van der Waals surface area (Å²) < 4.78 is 49.1. The molecule has 0 amide bonds. The molecule has 7 atom stereocenters. The summed E-state index contributed by atoms with van der Waals surface area (Å²) in [6, 6.07) is 23.8.